The molecular weight excluding hydrogens is 399 g/mol. The number of halogens is 2. The topological polar surface area (TPSA) is 84.0 Å². The highest BCUT2D eigenvalue weighted by atomic mass is 35.5. The minimum atomic E-state index is -0.561. The molecule has 1 aromatic carbocycles. The van der Waals surface area contributed by atoms with Gasteiger partial charge in [-0.15, -0.1) is 0 Å². The first-order chi connectivity index (χ1) is 13.0. The fourth-order valence-corrected chi connectivity index (χ4v) is 4.05. The molecule has 0 bridgehead atoms. The van der Waals surface area contributed by atoms with Crippen LogP contribution in [0.4, 0.5) is 0 Å². The fraction of sp³-hybridized carbons (Fsp3) is 0.400. The number of hydrogen-bond donors (Lipinski definition) is 2. The molecule has 8 heteroatoms. The molecule has 148 valence electrons. The molecule has 2 amide bonds. The van der Waals surface area contributed by atoms with Crippen molar-refractivity contribution in [3.63, 3.8) is 0 Å². The van der Waals surface area contributed by atoms with Gasteiger partial charge in [-0.2, -0.15) is 0 Å². The maximum Gasteiger partial charge on any atom is 0.276 e. The summed E-state index contributed by atoms with van der Waals surface area (Å²) in [5.74, 6) is -1.21. The molecule has 1 aromatic heterocycles. The Morgan fingerprint density at radius 1 is 1.11 bits per heavy atom. The monoisotopic (exact) mass is 420 g/mol. The van der Waals surface area contributed by atoms with Crippen LogP contribution in [0.1, 0.15) is 44.6 Å². The van der Waals surface area contributed by atoms with E-state index in [2.05, 4.69) is 20.6 Å². The van der Waals surface area contributed by atoms with Gasteiger partial charge in [-0.1, -0.05) is 29.3 Å². The molecule has 1 fully saturated rings. The molecule has 2 heterocycles. The van der Waals surface area contributed by atoms with Crippen LogP contribution in [0.3, 0.4) is 0 Å². The van der Waals surface area contributed by atoms with Crippen LogP contribution in [0.5, 0.6) is 0 Å². The smallest absolute Gasteiger partial charge is 0.276 e. The van der Waals surface area contributed by atoms with Crippen molar-refractivity contribution in [2.45, 2.75) is 45.2 Å². The molecular formula is C20H22Cl2N4O2. The zero-order valence-electron chi connectivity index (χ0n) is 16.1. The van der Waals surface area contributed by atoms with Gasteiger partial charge >= 0.3 is 0 Å². The Balaban J connectivity index is 1.78. The second-order valence-corrected chi connectivity index (χ2v) is 9.04. The minimum Gasteiger partial charge on any atom is -0.306 e. The number of hydrogen-bond acceptors (Lipinski definition) is 5. The van der Waals surface area contributed by atoms with E-state index in [0.29, 0.717) is 27.7 Å². The number of carbonyl (C=O) groups excluding carboxylic acids is 2. The predicted molar refractivity (Wildman–Crippen MR) is 109 cm³/mol. The lowest BCUT2D eigenvalue weighted by atomic mass is 9.86. The average Bonchev–Trinajstić information content (AvgIpc) is 2.84. The van der Waals surface area contributed by atoms with Gasteiger partial charge in [0, 0.05) is 16.6 Å². The standard InChI is InChI=1S/C20H22Cl2N4O2/c1-19(2)9-12(20(3,4)26-19)17(27)25-18(28)16-8-15(23-10-24-16)11-5-6-13(21)14(22)7-11/h5-8,10,12,26H,9H2,1-4H3,(H,25,27,28). The summed E-state index contributed by atoms with van der Waals surface area (Å²) >= 11 is 12.0. The zero-order valence-corrected chi connectivity index (χ0v) is 17.6. The van der Waals surface area contributed by atoms with Crippen molar-refractivity contribution in [1.82, 2.24) is 20.6 Å². The van der Waals surface area contributed by atoms with Gasteiger partial charge in [-0.05, 0) is 52.3 Å². The van der Waals surface area contributed by atoms with Crippen LogP contribution < -0.4 is 10.6 Å². The number of benzene rings is 1. The highest BCUT2D eigenvalue weighted by Gasteiger charge is 2.47. The predicted octanol–water partition coefficient (Wildman–Crippen LogP) is 3.87. The summed E-state index contributed by atoms with van der Waals surface area (Å²) in [6.45, 7) is 8.00. The second kappa shape index (κ2) is 7.43. The van der Waals surface area contributed by atoms with E-state index in [9.17, 15) is 9.59 Å². The van der Waals surface area contributed by atoms with Crippen molar-refractivity contribution in [2.75, 3.05) is 0 Å². The molecule has 1 aliphatic heterocycles. The Hall–Kier alpha value is -2.02. The highest BCUT2D eigenvalue weighted by molar-refractivity contribution is 6.42. The van der Waals surface area contributed by atoms with Gasteiger partial charge in [0.2, 0.25) is 5.91 Å². The summed E-state index contributed by atoms with van der Waals surface area (Å²) in [6, 6.07) is 6.58. The average molecular weight is 421 g/mol. The number of aromatic nitrogens is 2. The van der Waals surface area contributed by atoms with Gasteiger partial charge < -0.3 is 5.32 Å². The summed E-state index contributed by atoms with van der Waals surface area (Å²) in [5.41, 5.74) is 0.720. The molecule has 6 nitrogen and oxygen atoms in total. The molecule has 1 atom stereocenters. The van der Waals surface area contributed by atoms with E-state index in [-0.39, 0.29) is 23.1 Å². The first-order valence-corrected chi connectivity index (χ1v) is 9.66. The normalized spacial score (nSPS) is 20.0. The van der Waals surface area contributed by atoms with Crippen LogP contribution in [0, 0.1) is 5.92 Å². The minimum absolute atomic E-state index is 0.104. The molecule has 1 unspecified atom stereocenters. The number of carbonyl (C=O) groups is 2. The first-order valence-electron chi connectivity index (χ1n) is 8.90. The Kier molecular flexibility index (Phi) is 5.49. The van der Waals surface area contributed by atoms with Crippen molar-refractivity contribution >= 4 is 35.0 Å². The van der Waals surface area contributed by atoms with Crippen LogP contribution in [0.25, 0.3) is 11.3 Å². The molecule has 2 aromatic rings. The van der Waals surface area contributed by atoms with Gasteiger partial charge in [0.05, 0.1) is 21.7 Å². The van der Waals surface area contributed by atoms with Gasteiger partial charge in [0.1, 0.15) is 12.0 Å². The van der Waals surface area contributed by atoms with Crippen molar-refractivity contribution < 1.29 is 9.59 Å². The van der Waals surface area contributed by atoms with Crippen molar-refractivity contribution in [2.24, 2.45) is 5.92 Å². The molecule has 1 aliphatic rings. The molecule has 28 heavy (non-hydrogen) atoms. The third kappa shape index (κ3) is 4.35. The van der Waals surface area contributed by atoms with Crippen molar-refractivity contribution in [3.8, 4) is 11.3 Å². The quantitative estimate of drug-likeness (QED) is 0.735. The van der Waals surface area contributed by atoms with Crippen LogP contribution in [0.15, 0.2) is 30.6 Å². The third-order valence-corrected chi connectivity index (χ3v) is 5.65. The lowest BCUT2D eigenvalue weighted by Crippen LogP contribution is -2.49. The number of imide groups is 1. The second-order valence-electron chi connectivity index (χ2n) is 8.22. The van der Waals surface area contributed by atoms with Gasteiger partial charge in [0.15, 0.2) is 0 Å². The maximum absolute atomic E-state index is 12.7. The summed E-state index contributed by atoms with van der Waals surface area (Å²) in [7, 11) is 0. The number of nitrogens with zero attached hydrogens (tertiary/aromatic N) is 2. The Morgan fingerprint density at radius 2 is 1.82 bits per heavy atom. The number of nitrogens with one attached hydrogen (secondary N) is 2. The van der Waals surface area contributed by atoms with E-state index in [4.69, 9.17) is 23.2 Å². The van der Waals surface area contributed by atoms with Crippen LogP contribution in [-0.2, 0) is 4.79 Å². The summed E-state index contributed by atoms with van der Waals surface area (Å²) in [4.78, 5) is 33.5. The summed E-state index contributed by atoms with van der Waals surface area (Å²) in [6.07, 6.45) is 1.92. The fourth-order valence-electron chi connectivity index (χ4n) is 3.75. The van der Waals surface area contributed by atoms with Crippen LogP contribution >= 0.6 is 23.2 Å². The lowest BCUT2D eigenvalue weighted by molar-refractivity contribution is -0.125. The molecule has 0 aliphatic carbocycles. The van der Waals surface area contributed by atoms with Gasteiger partial charge in [0.25, 0.3) is 5.91 Å². The number of amides is 2. The zero-order chi connectivity index (χ0) is 20.7. The third-order valence-electron chi connectivity index (χ3n) is 4.91. The summed E-state index contributed by atoms with van der Waals surface area (Å²) in [5, 5.41) is 6.72. The maximum atomic E-state index is 12.7. The first kappa shape index (κ1) is 20.7. The van der Waals surface area contributed by atoms with Crippen molar-refractivity contribution in [3.05, 3.63) is 46.3 Å². The van der Waals surface area contributed by atoms with E-state index < -0.39 is 11.4 Å². The number of rotatable bonds is 3. The van der Waals surface area contributed by atoms with E-state index in [1.807, 2.05) is 27.7 Å². The van der Waals surface area contributed by atoms with E-state index in [1.54, 1.807) is 18.2 Å². The molecule has 1 saturated heterocycles. The Bertz CT molecular complexity index is 944. The van der Waals surface area contributed by atoms with Gasteiger partial charge in [-0.25, -0.2) is 9.97 Å². The van der Waals surface area contributed by atoms with E-state index >= 15 is 0 Å². The van der Waals surface area contributed by atoms with Crippen LogP contribution in [0.2, 0.25) is 10.0 Å². The Labute approximate surface area is 174 Å². The van der Waals surface area contributed by atoms with E-state index in [0.717, 1.165) is 0 Å². The lowest BCUT2D eigenvalue weighted by Gasteiger charge is -2.27. The SMILES string of the molecule is CC1(C)CC(C(=O)NC(=O)c2cc(-c3ccc(Cl)c(Cl)c3)ncn2)C(C)(C)N1. The van der Waals surface area contributed by atoms with Crippen LogP contribution in [-0.4, -0.2) is 32.9 Å². The molecule has 3 rings (SSSR count). The molecule has 0 spiro atoms. The van der Waals surface area contributed by atoms with Gasteiger partial charge in [-0.3, -0.25) is 14.9 Å². The van der Waals surface area contributed by atoms with E-state index in [1.165, 1.54) is 12.4 Å². The molecule has 0 radical (unpaired) electrons. The molecule has 0 saturated carbocycles. The highest BCUT2D eigenvalue weighted by Crippen LogP contribution is 2.35. The summed E-state index contributed by atoms with van der Waals surface area (Å²) < 4.78 is 0. The largest absolute Gasteiger partial charge is 0.306 e. The molecule has 2 N–H and O–H groups in total. The Morgan fingerprint density at radius 3 is 2.43 bits per heavy atom. The van der Waals surface area contributed by atoms with Crippen molar-refractivity contribution in [1.29, 1.82) is 0 Å².